The number of aromatic nitrogens is 3. The van der Waals surface area contributed by atoms with Crippen molar-refractivity contribution in [3.8, 4) is 11.4 Å². The van der Waals surface area contributed by atoms with E-state index in [-0.39, 0.29) is 0 Å². The summed E-state index contributed by atoms with van der Waals surface area (Å²) in [6.45, 7) is 1.39. The minimum absolute atomic E-state index is 0.677. The third-order valence-electron chi connectivity index (χ3n) is 2.79. The minimum Gasteiger partial charge on any atom is -0.364 e. The molecule has 0 aliphatic carbocycles. The third kappa shape index (κ3) is 2.89. The van der Waals surface area contributed by atoms with Crippen LogP contribution in [0.4, 0.5) is 0 Å². The summed E-state index contributed by atoms with van der Waals surface area (Å²) < 4.78 is 4.77. The van der Waals surface area contributed by atoms with Gasteiger partial charge in [-0.05, 0) is 0 Å². The summed E-state index contributed by atoms with van der Waals surface area (Å²) in [6.07, 6.45) is 3.42. The molecule has 0 aliphatic heterocycles. The van der Waals surface area contributed by atoms with Gasteiger partial charge in [0.25, 0.3) is 0 Å². The van der Waals surface area contributed by atoms with E-state index < -0.39 is 0 Å². The molecule has 0 spiro atoms. The monoisotopic (exact) mass is 254 g/mol. The molecule has 0 atom stereocenters. The first kappa shape index (κ1) is 11.7. The summed E-state index contributed by atoms with van der Waals surface area (Å²) in [5.74, 6) is 0.888. The standard InChI is InChI=1S/C14H14N4O/c1-2-4-11(5-3-1)14-16-10-13(17-14)9-15-8-12-6-7-19-18-12/h1-7,10,15H,8-9H2,(H,16,17). The van der Waals surface area contributed by atoms with E-state index in [2.05, 4.69) is 20.4 Å². The number of rotatable bonds is 5. The number of benzene rings is 1. The summed E-state index contributed by atoms with van der Waals surface area (Å²) in [5, 5.41) is 7.11. The lowest BCUT2D eigenvalue weighted by Crippen LogP contribution is -2.13. The van der Waals surface area contributed by atoms with E-state index in [1.807, 2.05) is 42.6 Å². The summed E-state index contributed by atoms with van der Waals surface area (Å²) in [4.78, 5) is 7.66. The van der Waals surface area contributed by atoms with Gasteiger partial charge in [0.2, 0.25) is 0 Å². The predicted octanol–water partition coefficient (Wildman–Crippen LogP) is 2.35. The number of hydrogen-bond donors (Lipinski definition) is 2. The number of aromatic amines is 1. The van der Waals surface area contributed by atoms with Gasteiger partial charge < -0.3 is 14.8 Å². The number of hydrogen-bond acceptors (Lipinski definition) is 4. The fourth-order valence-corrected chi connectivity index (χ4v) is 1.85. The van der Waals surface area contributed by atoms with Gasteiger partial charge in [-0.25, -0.2) is 4.98 Å². The summed E-state index contributed by atoms with van der Waals surface area (Å²) in [5.41, 5.74) is 3.02. The van der Waals surface area contributed by atoms with Gasteiger partial charge in [-0.3, -0.25) is 0 Å². The summed E-state index contributed by atoms with van der Waals surface area (Å²) >= 11 is 0. The average molecular weight is 254 g/mol. The van der Waals surface area contributed by atoms with Crippen LogP contribution in [0.5, 0.6) is 0 Å². The highest BCUT2D eigenvalue weighted by Crippen LogP contribution is 2.14. The predicted molar refractivity (Wildman–Crippen MR) is 71.1 cm³/mol. The van der Waals surface area contributed by atoms with Gasteiger partial charge in [0, 0.05) is 36.6 Å². The van der Waals surface area contributed by atoms with Crippen LogP contribution in [-0.2, 0) is 13.1 Å². The maximum Gasteiger partial charge on any atom is 0.137 e. The molecule has 0 amide bonds. The molecule has 2 heterocycles. The van der Waals surface area contributed by atoms with Crippen LogP contribution in [0.2, 0.25) is 0 Å². The van der Waals surface area contributed by atoms with Crippen LogP contribution in [0, 0.1) is 0 Å². The first-order chi connectivity index (χ1) is 9.42. The van der Waals surface area contributed by atoms with Crippen molar-refractivity contribution in [1.29, 1.82) is 0 Å². The van der Waals surface area contributed by atoms with Gasteiger partial charge in [-0.15, -0.1) is 0 Å². The molecule has 3 aromatic rings. The second-order valence-electron chi connectivity index (χ2n) is 4.22. The first-order valence-electron chi connectivity index (χ1n) is 6.11. The SMILES string of the molecule is c1ccc(-c2ncc(CNCc3ccon3)[nH]2)cc1. The van der Waals surface area contributed by atoms with Crippen LogP contribution in [0.1, 0.15) is 11.4 Å². The molecule has 0 aliphatic rings. The quantitative estimate of drug-likeness (QED) is 0.733. The van der Waals surface area contributed by atoms with Gasteiger partial charge in [0.05, 0.1) is 5.69 Å². The lowest BCUT2D eigenvalue weighted by Gasteiger charge is -1.99. The molecule has 0 bridgehead atoms. The van der Waals surface area contributed by atoms with E-state index in [1.54, 1.807) is 6.26 Å². The zero-order valence-electron chi connectivity index (χ0n) is 10.3. The van der Waals surface area contributed by atoms with Crippen LogP contribution >= 0.6 is 0 Å². The molecule has 2 N–H and O–H groups in total. The van der Waals surface area contributed by atoms with Gasteiger partial charge in [-0.1, -0.05) is 35.5 Å². The molecule has 0 radical (unpaired) electrons. The average Bonchev–Trinajstić information content (AvgIpc) is 3.11. The molecule has 19 heavy (non-hydrogen) atoms. The summed E-state index contributed by atoms with van der Waals surface area (Å²) in [6, 6.07) is 11.9. The van der Waals surface area contributed by atoms with Crippen molar-refractivity contribution in [2.24, 2.45) is 0 Å². The zero-order valence-corrected chi connectivity index (χ0v) is 10.3. The topological polar surface area (TPSA) is 66.7 Å². The second-order valence-corrected chi connectivity index (χ2v) is 4.22. The molecule has 5 heteroatoms. The molecular weight excluding hydrogens is 240 g/mol. The molecule has 0 saturated carbocycles. The molecule has 3 rings (SSSR count). The Labute approximate surface area is 110 Å². The van der Waals surface area contributed by atoms with Crippen molar-refractivity contribution in [1.82, 2.24) is 20.4 Å². The maximum atomic E-state index is 4.77. The van der Waals surface area contributed by atoms with Gasteiger partial charge in [0.1, 0.15) is 12.1 Å². The van der Waals surface area contributed by atoms with E-state index >= 15 is 0 Å². The van der Waals surface area contributed by atoms with Gasteiger partial charge in [-0.2, -0.15) is 0 Å². The molecule has 0 unspecified atom stereocenters. The molecule has 2 aromatic heterocycles. The van der Waals surface area contributed by atoms with E-state index in [0.29, 0.717) is 13.1 Å². The highest BCUT2D eigenvalue weighted by molar-refractivity contribution is 5.54. The van der Waals surface area contributed by atoms with Crippen LogP contribution in [0.25, 0.3) is 11.4 Å². The Morgan fingerprint density at radius 1 is 1.11 bits per heavy atom. The highest BCUT2D eigenvalue weighted by Gasteiger charge is 2.03. The third-order valence-corrected chi connectivity index (χ3v) is 2.79. The Hall–Kier alpha value is -2.40. The van der Waals surface area contributed by atoms with Crippen LogP contribution in [0.3, 0.4) is 0 Å². The summed E-state index contributed by atoms with van der Waals surface area (Å²) in [7, 11) is 0. The van der Waals surface area contributed by atoms with Gasteiger partial charge >= 0.3 is 0 Å². The normalized spacial score (nSPS) is 10.7. The fourth-order valence-electron chi connectivity index (χ4n) is 1.85. The number of imidazole rings is 1. The molecule has 5 nitrogen and oxygen atoms in total. The Kier molecular flexibility index (Phi) is 3.38. The van der Waals surface area contributed by atoms with Crippen LogP contribution in [0.15, 0.2) is 53.4 Å². The first-order valence-corrected chi connectivity index (χ1v) is 6.11. The molecular formula is C14H14N4O. The van der Waals surface area contributed by atoms with Crippen LogP contribution < -0.4 is 5.32 Å². The smallest absolute Gasteiger partial charge is 0.137 e. The number of nitrogens with one attached hydrogen (secondary N) is 2. The molecule has 1 aromatic carbocycles. The van der Waals surface area contributed by atoms with E-state index in [4.69, 9.17) is 4.52 Å². The molecule has 0 saturated heterocycles. The lowest BCUT2D eigenvalue weighted by molar-refractivity contribution is 0.408. The Bertz CT molecular complexity index is 616. The fraction of sp³-hybridized carbons (Fsp3) is 0.143. The largest absolute Gasteiger partial charge is 0.364 e. The lowest BCUT2D eigenvalue weighted by atomic mass is 10.2. The van der Waals surface area contributed by atoms with E-state index in [0.717, 1.165) is 22.8 Å². The van der Waals surface area contributed by atoms with Crippen LogP contribution in [-0.4, -0.2) is 15.1 Å². The second kappa shape index (κ2) is 5.49. The van der Waals surface area contributed by atoms with E-state index in [1.165, 1.54) is 0 Å². The molecule has 96 valence electrons. The minimum atomic E-state index is 0.677. The van der Waals surface area contributed by atoms with Crippen molar-refractivity contribution in [3.05, 3.63) is 60.2 Å². The van der Waals surface area contributed by atoms with Crippen molar-refractivity contribution in [2.45, 2.75) is 13.1 Å². The highest BCUT2D eigenvalue weighted by atomic mass is 16.5. The zero-order chi connectivity index (χ0) is 12.9. The van der Waals surface area contributed by atoms with Gasteiger partial charge in [0.15, 0.2) is 0 Å². The Morgan fingerprint density at radius 3 is 2.79 bits per heavy atom. The van der Waals surface area contributed by atoms with Crippen molar-refractivity contribution in [3.63, 3.8) is 0 Å². The molecule has 0 fully saturated rings. The maximum absolute atomic E-state index is 4.77. The van der Waals surface area contributed by atoms with E-state index in [9.17, 15) is 0 Å². The Morgan fingerprint density at radius 2 is 2.00 bits per heavy atom. The van der Waals surface area contributed by atoms with Crippen molar-refractivity contribution < 1.29 is 4.52 Å². The van der Waals surface area contributed by atoms with Crippen molar-refractivity contribution in [2.75, 3.05) is 0 Å². The number of nitrogens with zero attached hydrogens (tertiary/aromatic N) is 2. The number of H-pyrrole nitrogens is 1. The van der Waals surface area contributed by atoms with Crippen molar-refractivity contribution >= 4 is 0 Å². The Balaban J connectivity index is 1.59.